The Bertz CT molecular complexity index is 1210. The summed E-state index contributed by atoms with van der Waals surface area (Å²) in [5, 5.41) is 9.83. The summed E-state index contributed by atoms with van der Waals surface area (Å²) >= 11 is 0. The van der Waals surface area contributed by atoms with E-state index in [0.29, 0.717) is 37.9 Å². The number of amides is 4. The fourth-order valence-electron chi connectivity index (χ4n) is 4.75. The van der Waals surface area contributed by atoms with Gasteiger partial charge >= 0.3 is 6.18 Å². The molecule has 1 heterocycles. The Labute approximate surface area is 239 Å². The first kappa shape index (κ1) is 32.9. The third kappa shape index (κ3) is 9.48. The highest BCUT2D eigenvalue weighted by Crippen LogP contribution is 2.39. The van der Waals surface area contributed by atoms with Crippen LogP contribution >= 0.6 is 0 Å². The van der Waals surface area contributed by atoms with E-state index >= 15 is 0 Å². The first-order valence-electron chi connectivity index (χ1n) is 13.7. The van der Waals surface area contributed by atoms with Gasteiger partial charge in [0.1, 0.15) is 17.7 Å². The van der Waals surface area contributed by atoms with Gasteiger partial charge in [-0.05, 0) is 43.6 Å². The standard InChI is InChI=1S/C28H35F5N4O5/c1-27(2,3)13-21(36-22(38)12-18(28(31,32)33)17-7-4-15(29)11-19(17)30)25(41)37-20(10-14-8-9-34-24(14)40)23(39)26(42)35-16-5-6-16/h4,7,11,14,16,18,20-21H,5-6,8-10,12-13H2,1-3H3,(H,34,40)(H,35,42)(H,36,38)(H,37,41)/t14?,18?,20?,21-/m0/s1. The summed E-state index contributed by atoms with van der Waals surface area (Å²) in [6.45, 7) is 5.48. The molecular weight excluding hydrogens is 567 g/mol. The van der Waals surface area contributed by atoms with Crippen LogP contribution in [0.3, 0.4) is 0 Å². The van der Waals surface area contributed by atoms with Crippen molar-refractivity contribution in [1.29, 1.82) is 0 Å². The second-order valence-corrected chi connectivity index (χ2v) is 12.0. The average molecular weight is 603 g/mol. The molecule has 14 heteroatoms. The van der Waals surface area contributed by atoms with Gasteiger partial charge in [-0.15, -0.1) is 0 Å². The van der Waals surface area contributed by atoms with Gasteiger partial charge in [-0.1, -0.05) is 26.8 Å². The molecule has 2 fully saturated rings. The van der Waals surface area contributed by atoms with Crippen LogP contribution in [0.15, 0.2) is 18.2 Å². The summed E-state index contributed by atoms with van der Waals surface area (Å²) in [6.07, 6.45) is -4.89. The molecule has 42 heavy (non-hydrogen) atoms. The maximum atomic E-state index is 14.2. The summed E-state index contributed by atoms with van der Waals surface area (Å²) < 4.78 is 69.1. The number of hydrogen-bond acceptors (Lipinski definition) is 5. The van der Waals surface area contributed by atoms with Crippen molar-refractivity contribution in [2.24, 2.45) is 11.3 Å². The van der Waals surface area contributed by atoms with Crippen molar-refractivity contribution in [3.63, 3.8) is 0 Å². The highest BCUT2D eigenvalue weighted by molar-refractivity contribution is 6.38. The van der Waals surface area contributed by atoms with E-state index in [-0.39, 0.29) is 30.9 Å². The van der Waals surface area contributed by atoms with Crippen LogP contribution in [0.25, 0.3) is 0 Å². The number of ketones is 1. The fourth-order valence-corrected chi connectivity index (χ4v) is 4.75. The molecule has 1 aromatic rings. The molecule has 4 atom stereocenters. The molecule has 2 aliphatic rings. The van der Waals surface area contributed by atoms with Gasteiger partial charge in [-0.2, -0.15) is 13.2 Å². The summed E-state index contributed by atoms with van der Waals surface area (Å²) in [5.74, 6) is -10.3. The van der Waals surface area contributed by atoms with E-state index in [9.17, 15) is 45.9 Å². The molecule has 1 saturated heterocycles. The molecule has 3 rings (SSSR count). The van der Waals surface area contributed by atoms with Gasteiger partial charge in [-0.25, -0.2) is 8.78 Å². The molecule has 4 amide bonds. The number of hydrogen-bond donors (Lipinski definition) is 4. The van der Waals surface area contributed by atoms with Crippen LogP contribution < -0.4 is 21.3 Å². The van der Waals surface area contributed by atoms with Gasteiger partial charge < -0.3 is 21.3 Å². The average Bonchev–Trinajstić information content (AvgIpc) is 3.59. The Morgan fingerprint density at radius 2 is 1.67 bits per heavy atom. The lowest BCUT2D eigenvalue weighted by atomic mass is 9.87. The summed E-state index contributed by atoms with van der Waals surface area (Å²) in [5.41, 5.74) is -1.58. The highest BCUT2D eigenvalue weighted by Gasteiger charge is 2.44. The van der Waals surface area contributed by atoms with Crippen molar-refractivity contribution < 1.29 is 45.9 Å². The van der Waals surface area contributed by atoms with E-state index in [2.05, 4.69) is 21.3 Å². The number of alkyl halides is 3. The van der Waals surface area contributed by atoms with E-state index in [1.165, 1.54) is 0 Å². The molecule has 4 N–H and O–H groups in total. The monoisotopic (exact) mass is 602 g/mol. The number of nitrogens with one attached hydrogen (secondary N) is 4. The Hall–Kier alpha value is -3.58. The SMILES string of the molecule is CC(C)(C)C[C@H](NC(=O)CC(c1ccc(F)cc1F)C(F)(F)F)C(=O)NC(CC1CCNC1=O)C(=O)C(=O)NC1CC1. The zero-order chi connectivity index (χ0) is 31.4. The fraction of sp³-hybridized carbons (Fsp3) is 0.607. The number of carbonyl (C=O) groups is 5. The summed E-state index contributed by atoms with van der Waals surface area (Å²) in [7, 11) is 0. The lowest BCUT2D eigenvalue weighted by Crippen LogP contribution is -2.55. The third-order valence-electron chi connectivity index (χ3n) is 7.04. The Balaban J connectivity index is 1.80. The molecule has 1 aliphatic heterocycles. The quantitative estimate of drug-likeness (QED) is 0.216. The van der Waals surface area contributed by atoms with Crippen LogP contribution in [0.4, 0.5) is 22.0 Å². The Morgan fingerprint density at radius 1 is 1.00 bits per heavy atom. The van der Waals surface area contributed by atoms with Crippen molar-refractivity contribution >= 4 is 29.4 Å². The van der Waals surface area contributed by atoms with Crippen molar-refractivity contribution in [3.8, 4) is 0 Å². The minimum Gasteiger partial charge on any atom is -0.356 e. The third-order valence-corrected chi connectivity index (χ3v) is 7.04. The van der Waals surface area contributed by atoms with Gasteiger partial charge in [-0.3, -0.25) is 24.0 Å². The van der Waals surface area contributed by atoms with Gasteiger partial charge in [0.05, 0.1) is 12.0 Å². The van der Waals surface area contributed by atoms with Gasteiger partial charge in [0.25, 0.3) is 5.91 Å². The number of rotatable bonds is 12. The van der Waals surface area contributed by atoms with Crippen LogP contribution in [0, 0.1) is 23.0 Å². The molecule has 0 spiro atoms. The van der Waals surface area contributed by atoms with Crippen LogP contribution in [0.1, 0.15) is 70.8 Å². The van der Waals surface area contributed by atoms with Crippen molar-refractivity contribution in [2.75, 3.05) is 6.54 Å². The van der Waals surface area contributed by atoms with Crippen molar-refractivity contribution in [1.82, 2.24) is 21.3 Å². The molecule has 0 bridgehead atoms. The highest BCUT2D eigenvalue weighted by atomic mass is 19.4. The van der Waals surface area contributed by atoms with Crippen molar-refractivity contribution in [3.05, 3.63) is 35.4 Å². The molecular formula is C28H35F5N4O5. The second kappa shape index (κ2) is 13.2. The van der Waals surface area contributed by atoms with E-state index in [0.717, 1.165) is 0 Å². The molecule has 232 valence electrons. The predicted octanol–water partition coefficient (Wildman–Crippen LogP) is 2.78. The smallest absolute Gasteiger partial charge is 0.356 e. The Morgan fingerprint density at radius 3 is 2.19 bits per heavy atom. The number of carbonyl (C=O) groups excluding carboxylic acids is 5. The Kier molecular flexibility index (Phi) is 10.3. The molecule has 0 radical (unpaired) electrons. The van der Waals surface area contributed by atoms with Crippen LogP contribution in [-0.2, 0) is 24.0 Å². The summed E-state index contributed by atoms with van der Waals surface area (Å²) in [6, 6.07) is -1.50. The van der Waals surface area contributed by atoms with E-state index in [1.807, 2.05) is 0 Å². The molecule has 0 aromatic heterocycles. The van der Waals surface area contributed by atoms with E-state index in [1.54, 1.807) is 20.8 Å². The normalized spacial score (nSPS) is 19.3. The maximum Gasteiger partial charge on any atom is 0.396 e. The van der Waals surface area contributed by atoms with Gasteiger partial charge in [0, 0.05) is 36.6 Å². The zero-order valence-electron chi connectivity index (χ0n) is 23.5. The molecule has 3 unspecified atom stereocenters. The lowest BCUT2D eigenvalue weighted by Gasteiger charge is -2.29. The van der Waals surface area contributed by atoms with Crippen LogP contribution in [-0.4, -0.2) is 60.3 Å². The van der Waals surface area contributed by atoms with E-state index in [4.69, 9.17) is 0 Å². The second-order valence-electron chi connectivity index (χ2n) is 12.0. The minimum atomic E-state index is -5.08. The van der Waals surface area contributed by atoms with Gasteiger partial charge in [0.2, 0.25) is 23.5 Å². The molecule has 1 saturated carbocycles. The van der Waals surface area contributed by atoms with Gasteiger partial charge in [0.15, 0.2) is 0 Å². The van der Waals surface area contributed by atoms with Crippen LogP contribution in [0.5, 0.6) is 0 Å². The first-order valence-corrected chi connectivity index (χ1v) is 13.7. The predicted molar refractivity (Wildman–Crippen MR) is 140 cm³/mol. The number of halogens is 5. The largest absolute Gasteiger partial charge is 0.396 e. The molecule has 1 aromatic carbocycles. The molecule has 9 nitrogen and oxygen atoms in total. The lowest BCUT2D eigenvalue weighted by molar-refractivity contribution is -0.158. The van der Waals surface area contributed by atoms with Crippen LogP contribution in [0.2, 0.25) is 0 Å². The summed E-state index contributed by atoms with van der Waals surface area (Å²) in [4.78, 5) is 63.9. The molecule has 1 aliphatic carbocycles. The minimum absolute atomic E-state index is 0.0781. The number of Topliss-reactive ketones (excluding diaryl/α,β-unsaturated/α-hetero) is 1. The topological polar surface area (TPSA) is 133 Å². The van der Waals surface area contributed by atoms with Crippen molar-refractivity contribution in [2.45, 2.75) is 89.5 Å². The number of benzene rings is 1. The first-order chi connectivity index (χ1) is 19.4. The van der Waals surface area contributed by atoms with E-state index < -0.39 is 82.6 Å². The maximum absolute atomic E-state index is 14.2. The zero-order valence-corrected chi connectivity index (χ0v) is 23.5.